The second-order valence-electron chi connectivity index (χ2n) is 12.2. The van der Waals surface area contributed by atoms with E-state index in [4.69, 9.17) is 67.7 Å². The molecule has 0 aromatic rings. The van der Waals surface area contributed by atoms with Crippen LogP contribution in [0.3, 0.4) is 0 Å². The van der Waals surface area contributed by atoms with Crippen molar-refractivity contribution in [1.29, 1.82) is 0 Å². The molecule has 22 nitrogen and oxygen atoms in total. The molecule has 0 saturated carbocycles. The van der Waals surface area contributed by atoms with Crippen LogP contribution >= 0.6 is 0 Å². The predicted octanol–water partition coefficient (Wildman–Crippen LogP) is 0.358. The van der Waals surface area contributed by atoms with E-state index in [1.165, 1.54) is 74.3 Å². The van der Waals surface area contributed by atoms with E-state index in [0.29, 0.717) is 0 Å². The molecule has 0 aromatic heterocycles. The van der Waals surface area contributed by atoms with E-state index < -0.39 is 126 Å². The maximum atomic E-state index is 11.6. The highest BCUT2D eigenvalue weighted by atomic mass is 28.5. The van der Waals surface area contributed by atoms with Crippen molar-refractivity contribution in [2.45, 2.75) is 107 Å². The third kappa shape index (κ3) is 19.2. The monoisotopic (exact) mass is 948 g/mol. The van der Waals surface area contributed by atoms with Gasteiger partial charge in [-0.25, -0.2) is 0 Å². The molecule has 2 aliphatic rings. The SMILES string of the molecule is CC(=O)O[Si]1(C)O[SiH](C)O[SiH](C)O[Si](C)(OC(C)=O)O[Si](C)(OC(C)=O)O1.CC(=O)O[Si]1(C)O[SiH](C)O[Si](C)(OC(C)=O)O[Si](C)(OC(C)=O)O[SiH](C)O1. The first kappa shape index (κ1) is 50.6. The van der Waals surface area contributed by atoms with E-state index in [1.807, 2.05) is 0 Å². The summed E-state index contributed by atoms with van der Waals surface area (Å²) in [7, 11) is -31.6. The maximum Gasteiger partial charge on any atom is 0.551 e. The Bertz CT molecular complexity index is 1270. The minimum Gasteiger partial charge on any atom is -0.475 e. The van der Waals surface area contributed by atoms with Gasteiger partial charge in [-0.15, -0.1) is 0 Å². The summed E-state index contributed by atoms with van der Waals surface area (Å²) in [6.07, 6.45) is 0. The van der Waals surface area contributed by atoms with Gasteiger partial charge in [0, 0.05) is 80.8 Å². The van der Waals surface area contributed by atoms with Gasteiger partial charge >= 0.3 is 90.0 Å². The van der Waals surface area contributed by atoms with E-state index in [0.717, 1.165) is 0 Å². The first-order valence-corrected chi connectivity index (χ1v) is 38.1. The number of rotatable bonds is 6. The highest BCUT2D eigenvalue weighted by molar-refractivity contribution is 6.86. The van der Waals surface area contributed by atoms with Gasteiger partial charge in [0.1, 0.15) is 0 Å². The third-order valence-electron chi connectivity index (χ3n) is 5.75. The lowest BCUT2D eigenvalue weighted by molar-refractivity contribution is -0.139. The molecule has 312 valence electrons. The minimum atomic E-state index is -3.84. The molecule has 2 rings (SSSR count). The molecule has 0 radical (unpaired) electrons. The molecule has 54 heavy (non-hydrogen) atoms. The fourth-order valence-corrected chi connectivity index (χ4v) is 41.6. The van der Waals surface area contributed by atoms with Crippen molar-refractivity contribution in [3.8, 4) is 0 Å². The van der Waals surface area contributed by atoms with Crippen LogP contribution in [0.25, 0.3) is 0 Å². The van der Waals surface area contributed by atoms with Crippen molar-refractivity contribution in [1.82, 2.24) is 0 Å². The summed E-state index contributed by atoms with van der Waals surface area (Å²) in [6.45, 7) is 22.9. The van der Waals surface area contributed by atoms with Gasteiger partial charge in [-0.2, -0.15) is 0 Å². The standard InChI is InChI=1S/2C11H26O11Si5/c1-9(12)15-25(6)18-23(4)20-26(7,16-10(2)13)22-27(8,17-11(3)14)21-24(5)19-25;1-9(12)15-25(6)19-23(4)18-24(5)20-26(7,16-10(2)13)22-27(8,21-25)17-11(3)14/h2*23-24H,1-8H3. The quantitative estimate of drug-likeness (QED) is 0.326. The molecule has 2 aliphatic heterocycles. The lowest BCUT2D eigenvalue weighted by Crippen LogP contribution is -2.65. The lowest BCUT2D eigenvalue weighted by atomic mass is 10.9. The molecule has 0 bridgehead atoms. The molecular weight excluding hydrogens is 897 g/mol. The van der Waals surface area contributed by atoms with Gasteiger partial charge in [0.25, 0.3) is 35.8 Å². The molecule has 32 heteroatoms. The maximum absolute atomic E-state index is 11.6. The zero-order valence-electron chi connectivity index (χ0n) is 33.3. The fourth-order valence-electron chi connectivity index (χ4n) is 5.17. The molecular formula is C22H52O22Si10. The Hall–Kier alpha value is -1.41. The molecule has 0 spiro atoms. The number of hydrogen-bond donors (Lipinski definition) is 0. The number of carbonyl (C=O) groups excluding carboxylic acids is 6. The third-order valence-corrected chi connectivity index (χ3v) is 39.9. The van der Waals surface area contributed by atoms with Crippen LogP contribution in [0, 0.1) is 0 Å². The summed E-state index contributed by atoms with van der Waals surface area (Å²) in [5, 5.41) is 0. The second-order valence-corrected chi connectivity index (χ2v) is 37.5. The minimum absolute atomic E-state index is 0.570. The number of carbonyl (C=O) groups is 6. The van der Waals surface area contributed by atoms with Gasteiger partial charge in [0.15, 0.2) is 0 Å². The molecule has 0 N–H and O–H groups in total. The summed E-state index contributed by atoms with van der Waals surface area (Å²) in [4.78, 5) is 69.4. The van der Waals surface area contributed by atoms with Crippen LogP contribution in [0.15, 0.2) is 0 Å². The van der Waals surface area contributed by atoms with E-state index in [9.17, 15) is 28.8 Å². The summed E-state index contributed by atoms with van der Waals surface area (Å²) >= 11 is 0. The Labute approximate surface area is 328 Å². The smallest absolute Gasteiger partial charge is 0.475 e. The van der Waals surface area contributed by atoms with Gasteiger partial charge in [-0.1, -0.05) is 0 Å². The Morgan fingerprint density at radius 2 is 0.519 bits per heavy atom. The van der Waals surface area contributed by atoms with Crippen molar-refractivity contribution in [2.75, 3.05) is 0 Å². The number of hydrogen-bond acceptors (Lipinski definition) is 22. The molecule has 2 saturated heterocycles. The Morgan fingerprint density at radius 3 is 0.778 bits per heavy atom. The van der Waals surface area contributed by atoms with Crippen molar-refractivity contribution < 1.29 is 96.5 Å². The Kier molecular flexibility index (Phi) is 19.1. The van der Waals surface area contributed by atoms with Crippen LogP contribution in [-0.2, 0) is 96.5 Å². The van der Waals surface area contributed by atoms with E-state index in [2.05, 4.69) is 0 Å². The van der Waals surface area contributed by atoms with Crippen LogP contribution in [0.1, 0.15) is 41.5 Å². The zero-order valence-corrected chi connectivity index (χ0v) is 43.9. The average Bonchev–Trinajstić information content (AvgIpc) is 2.81. The van der Waals surface area contributed by atoms with Crippen molar-refractivity contribution in [2.24, 2.45) is 0 Å². The molecule has 0 aliphatic carbocycles. The Balaban J connectivity index is 0.000000540. The molecule has 0 amide bonds. The van der Waals surface area contributed by atoms with Crippen molar-refractivity contribution in [3.63, 3.8) is 0 Å². The van der Waals surface area contributed by atoms with Crippen LogP contribution in [-0.4, -0.2) is 126 Å². The largest absolute Gasteiger partial charge is 0.551 e. The van der Waals surface area contributed by atoms with E-state index in [-0.39, 0.29) is 0 Å². The van der Waals surface area contributed by atoms with Crippen molar-refractivity contribution >= 4 is 126 Å². The molecule has 8 unspecified atom stereocenters. The van der Waals surface area contributed by atoms with Gasteiger partial charge in [0.05, 0.1) is 0 Å². The normalized spacial score (nSPS) is 37.8. The van der Waals surface area contributed by atoms with Gasteiger partial charge in [-0.05, 0) is 26.2 Å². The molecule has 8 atom stereocenters. The topological polar surface area (TPSA) is 250 Å². The second kappa shape index (κ2) is 20.3. The zero-order chi connectivity index (χ0) is 42.1. The average molecular weight is 949 g/mol. The first-order valence-electron chi connectivity index (χ1n) is 16.3. The van der Waals surface area contributed by atoms with Crippen molar-refractivity contribution in [3.05, 3.63) is 0 Å². The molecule has 2 fully saturated rings. The molecule has 0 aromatic carbocycles. The van der Waals surface area contributed by atoms with Crippen LogP contribution < -0.4 is 0 Å². The Morgan fingerprint density at radius 1 is 0.333 bits per heavy atom. The van der Waals surface area contributed by atoms with Crippen LogP contribution in [0.2, 0.25) is 65.5 Å². The highest BCUT2D eigenvalue weighted by Gasteiger charge is 2.60. The summed E-state index contributed by atoms with van der Waals surface area (Å²) in [5.41, 5.74) is 0. The lowest BCUT2D eigenvalue weighted by Gasteiger charge is -2.40. The van der Waals surface area contributed by atoms with E-state index in [1.54, 1.807) is 32.7 Å². The van der Waals surface area contributed by atoms with Gasteiger partial charge in [-0.3, -0.25) is 28.8 Å². The summed E-state index contributed by atoms with van der Waals surface area (Å²) < 4.78 is 90.3. The fraction of sp³-hybridized carbons (Fsp3) is 0.727. The van der Waals surface area contributed by atoms with Crippen LogP contribution in [0.5, 0.6) is 0 Å². The van der Waals surface area contributed by atoms with E-state index >= 15 is 0 Å². The highest BCUT2D eigenvalue weighted by Crippen LogP contribution is 2.29. The first-order chi connectivity index (χ1) is 24.3. The summed E-state index contributed by atoms with van der Waals surface area (Å²) in [5.74, 6) is -3.73. The van der Waals surface area contributed by atoms with Gasteiger partial charge in [0.2, 0.25) is 0 Å². The predicted molar refractivity (Wildman–Crippen MR) is 203 cm³/mol. The van der Waals surface area contributed by atoms with Crippen LogP contribution in [0.4, 0.5) is 0 Å². The summed E-state index contributed by atoms with van der Waals surface area (Å²) in [6, 6.07) is 0. The van der Waals surface area contributed by atoms with Gasteiger partial charge < -0.3 is 67.7 Å². The molecule has 2 heterocycles.